The second-order valence-electron chi connectivity index (χ2n) is 3.88. The van der Waals surface area contributed by atoms with E-state index >= 15 is 0 Å². The van der Waals surface area contributed by atoms with Gasteiger partial charge in [0, 0.05) is 18.3 Å². The molecule has 0 aliphatic rings. The van der Waals surface area contributed by atoms with E-state index in [1.165, 1.54) is 0 Å². The molecule has 0 radical (unpaired) electrons. The van der Waals surface area contributed by atoms with Crippen molar-refractivity contribution in [1.29, 1.82) is 5.26 Å². The molecule has 0 fully saturated rings. The van der Waals surface area contributed by atoms with E-state index in [4.69, 9.17) is 11.0 Å². The number of anilines is 1. The van der Waals surface area contributed by atoms with Gasteiger partial charge in [-0.15, -0.1) is 0 Å². The fourth-order valence-corrected chi connectivity index (χ4v) is 1.62. The van der Waals surface area contributed by atoms with Gasteiger partial charge in [-0.3, -0.25) is 4.79 Å². The summed E-state index contributed by atoms with van der Waals surface area (Å²) in [6.45, 7) is 1.66. The number of carbonyl (C=O) groups excluding carboxylic acids is 1. The first-order valence-electron chi connectivity index (χ1n) is 5.17. The number of likely N-dealkylation sites (N-methyl/N-ethyl adjacent to an activating group) is 1. The van der Waals surface area contributed by atoms with Crippen LogP contribution in [0.5, 0.6) is 0 Å². The molecule has 1 amide bonds. The maximum atomic E-state index is 10.9. The molecular weight excluding hydrogens is 218 g/mol. The molecule has 90 valence electrons. The summed E-state index contributed by atoms with van der Waals surface area (Å²) < 4.78 is 0. The molecule has 0 aliphatic carbocycles. The fraction of sp³-hybridized carbons (Fsp3) is 0.333. The van der Waals surface area contributed by atoms with E-state index in [2.05, 4.69) is 0 Å². The summed E-state index contributed by atoms with van der Waals surface area (Å²) in [7, 11) is 1.69. The molecule has 17 heavy (non-hydrogen) atoms. The van der Waals surface area contributed by atoms with Gasteiger partial charge < -0.3 is 15.7 Å². The van der Waals surface area contributed by atoms with Gasteiger partial charge in [0.15, 0.2) is 0 Å². The van der Waals surface area contributed by atoms with Crippen LogP contribution in [0.1, 0.15) is 24.2 Å². The monoisotopic (exact) mass is 233 g/mol. The van der Waals surface area contributed by atoms with Crippen LogP contribution < -0.4 is 10.6 Å². The van der Waals surface area contributed by atoms with E-state index in [1.54, 1.807) is 37.1 Å². The van der Waals surface area contributed by atoms with E-state index < -0.39 is 12.0 Å². The molecule has 0 heterocycles. The van der Waals surface area contributed by atoms with Crippen molar-refractivity contribution in [2.45, 2.75) is 13.0 Å². The number of benzene rings is 1. The zero-order valence-electron chi connectivity index (χ0n) is 9.84. The highest BCUT2D eigenvalue weighted by Gasteiger charge is 2.13. The molecule has 1 rings (SSSR count). The van der Waals surface area contributed by atoms with Crippen molar-refractivity contribution in [2.75, 3.05) is 18.5 Å². The molecule has 5 heteroatoms. The Morgan fingerprint density at radius 1 is 1.65 bits per heavy atom. The van der Waals surface area contributed by atoms with Crippen LogP contribution in [0, 0.1) is 11.3 Å². The predicted octanol–water partition coefficient (Wildman–Crippen LogP) is 0.533. The van der Waals surface area contributed by atoms with Crippen LogP contribution in [-0.2, 0) is 4.79 Å². The lowest BCUT2D eigenvalue weighted by molar-refractivity contribution is -0.116. The molecule has 0 bridgehead atoms. The van der Waals surface area contributed by atoms with Gasteiger partial charge in [-0.2, -0.15) is 5.26 Å². The summed E-state index contributed by atoms with van der Waals surface area (Å²) >= 11 is 0. The van der Waals surface area contributed by atoms with Gasteiger partial charge in [-0.1, -0.05) is 6.07 Å². The maximum Gasteiger partial charge on any atom is 0.236 e. The van der Waals surface area contributed by atoms with Crippen molar-refractivity contribution >= 4 is 11.6 Å². The summed E-state index contributed by atoms with van der Waals surface area (Å²) in [5, 5.41) is 18.5. The number of rotatable bonds is 4. The molecular formula is C12H15N3O2. The first kappa shape index (κ1) is 13.0. The van der Waals surface area contributed by atoms with Gasteiger partial charge in [-0.25, -0.2) is 0 Å². The quantitative estimate of drug-likeness (QED) is 0.793. The third-order valence-electron chi connectivity index (χ3n) is 2.41. The second-order valence-corrected chi connectivity index (χ2v) is 3.88. The molecule has 1 atom stereocenters. The lowest BCUT2D eigenvalue weighted by Gasteiger charge is -2.22. The van der Waals surface area contributed by atoms with Crippen LogP contribution in [0.3, 0.4) is 0 Å². The van der Waals surface area contributed by atoms with Crippen molar-refractivity contribution < 1.29 is 9.90 Å². The second kappa shape index (κ2) is 5.32. The highest BCUT2D eigenvalue weighted by Crippen LogP contribution is 2.26. The zero-order valence-corrected chi connectivity index (χ0v) is 9.84. The minimum atomic E-state index is -0.673. The predicted molar refractivity (Wildman–Crippen MR) is 64.3 cm³/mol. The standard InChI is InChI=1S/C12H15N3O2/c1-8(16)10-4-3-9(6-13)5-11(10)15(2)7-12(14)17/h3-5,8,16H,7H2,1-2H3,(H2,14,17)/t8-/m1/s1. The Kier molecular flexibility index (Phi) is 4.07. The van der Waals surface area contributed by atoms with E-state index in [-0.39, 0.29) is 6.54 Å². The van der Waals surface area contributed by atoms with Gasteiger partial charge in [0.2, 0.25) is 5.91 Å². The van der Waals surface area contributed by atoms with Crippen molar-refractivity contribution in [1.82, 2.24) is 0 Å². The number of hydrogen-bond donors (Lipinski definition) is 2. The summed E-state index contributed by atoms with van der Waals surface area (Å²) in [4.78, 5) is 12.5. The molecule has 0 aliphatic heterocycles. The van der Waals surface area contributed by atoms with Gasteiger partial charge in [0.25, 0.3) is 0 Å². The molecule has 0 saturated heterocycles. The first-order valence-corrected chi connectivity index (χ1v) is 5.17. The molecule has 0 spiro atoms. The number of nitrogens with zero attached hydrogens (tertiary/aromatic N) is 2. The lowest BCUT2D eigenvalue weighted by atomic mass is 10.0. The highest BCUT2D eigenvalue weighted by atomic mass is 16.3. The number of aliphatic hydroxyl groups excluding tert-OH is 1. The number of carbonyl (C=O) groups is 1. The average molecular weight is 233 g/mol. The van der Waals surface area contributed by atoms with Crippen LogP contribution in [0.4, 0.5) is 5.69 Å². The number of hydrogen-bond acceptors (Lipinski definition) is 4. The summed E-state index contributed by atoms with van der Waals surface area (Å²) in [6.07, 6.45) is -0.673. The summed E-state index contributed by atoms with van der Waals surface area (Å²) in [5.74, 6) is -0.466. The van der Waals surface area contributed by atoms with E-state index in [1.807, 2.05) is 6.07 Å². The van der Waals surface area contributed by atoms with Crippen LogP contribution in [0.25, 0.3) is 0 Å². The summed E-state index contributed by atoms with van der Waals surface area (Å²) in [5.41, 5.74) is 6.89. The van der Waals surface area contributed by atoms with Gasteiger partial charge in [-0.05, 0) is 19.1 Å². The van der Waals surface area contributed by atoms with Crippen molar-refractivity contribution in [3.63, 3.8) is 0 Å². The minimum absolute atomic E-state index is 0.0363. The van der Waals surface area contributed by atoms with E-state index in [0.29, 0.717) is 16.8 Å². The van der Waals surface area contributed by atoms with Crippen LogP contribution in [0.2, 0.25) is 0 Å². The Bertz CT molecular complexity index is 463. The Morgan fingerprint density at radius 3 is 2.76 bits per heavy atom. The van der Waals surface area contributed by atoms with Crippen molar-refractivity contribution in [2.24, 2.45) is 5.73 Å². The number of nitriles is 1. The normalized spacial score (nSPS) is 11.6. The molecule has 5 nitrogen and oxygen atoms in total. The maximum absolute atomic E-state index is 10.9. The van der Waals surface area contributed by atoms with Gasteiger partial charge >= 0.3 is 0 Å². The largest absolute Gasteiger partial charge is 0.389 e. The fourth-order valence-electron chi connectivity index (χ4n) is 1.62. The van der Waals surface area contributed by atoms with Crippen LogP contribution in [-0.4, -0.2) is 24.6 Å². The van der Waals surface area contributed by atoms with Gasteiger partial charge in [0.05, 0.1) is 24.3 Å². The third kappa shape index (κ3) is 3.20. The van der Waals surface area contributed by atoms with Crippen LogP contribution >= 0.6 is 0 Å². The third-order valence-corrected chi connectivity index (χ3v) is 2.41. The Hall–Kier alpha value is -2.06. The zero-order chi connectivity index (χ0) is 13.0. The Labute approximate surface area is 100 Å². The van der Waals surface area contributed by atoms with Crippen LogP contribution in [0.15, 0.2) is 18.2 Å². The SMILES string of the molecule is C[C@@H](O)c1ccc(C#N)cc1N(C)CC(N)=O. The van der Waals surface area contributed by atoms with E-state index in [9.17, 15) is 9.90 Å². The summed E-state index contributed by atoms with van der Waals surface area (Å²) in [6, 6.07) is 6.95. The number of aliphatic hydroxyl groups is 1. The lowest BCUT2D eigenvalue weighted by Crippen LogP contribution is -2.31. The van der Waals surface area contributed by atoms with Crippen molar-refractivity contribution in [3.8, 4) is 6.07 Å². The van der Waals surface area contributed by atoms with Gasteiger partial charge in [0.1, 0.15) is 0 Å². The molecule has 1 aromatic carbocycles. The molecule has 0 aromatic heterocycles. The van der Waals surface area contributed by atoms with Crippen molar-refractivity contribution in [3.05, 3.63) is 29.3 Å². The Morgan fingerprint density at radius 2 is 2.29 bits per heavy atom. The first-order chi connectivity index (χ1) is 7.95. The number of nitrogens with two attached hydrogens (primary N) is 1. The number of amides is 1. The smallest absolute Gasteiger partial charge is 0.236 e. The molecule has 3 N–H and O–H groups in total. The topological polar surface area (TPSA) is 90.3 Å². The van der Waals surface area contributed by atoms with E-state index in [0.717, 1.165) is 0 Å². The average Bonchev–Trinajstić information content (AvgIpc) is 2.27. The molecule has 0 unspecified atom stereocenters. The minimum Gasteiger partial charge on any atom is -0.389 e. The highest BCUT2D eigenvalue weighted by molar-refractivity contribution is 5.80. The number of primary amides is 1. The molecule has 1 aromatic rings. The molecule has 0 saturated carbocycles. The Balaban J connectivity index is 3.18.